The lowest BCUT2D eigenvalue weighted by molar-refractivity contribution is -0.384. The van der Waals surface area contributed by atoms with E-state index in [1.165, 1.54) is 23.9 Å². The van der Waals surface area contributed by atoms with Gasteiger partial charge < -0.3 is 5.32 Å². The molecule has 1 N–H and O–H groups in total. The summed E-state index contributed by atoms with van der Waals surface area (Å²) in [5, 5.41) is 13.5. The molecule has 0 radical (unpaired) electrons. The van der Waals surface area contributed by atoms with Crippen LogP contribution in [-0.2, 0) is 16.0 Å². The van der Waals surface area contributed by atoms with E-state index in [9.17, 15) is 19.7 Å². The van der Waals surface area contributed by atoms with E-state index in [0.717, 1.165) is 11.1 Å². The van der Waals surface area contributed by atoms with Gasteiger partial charge in [-0.15, -0.1) is 11.8 Å². The standard InChI is InChI=1S/C26H26N2O4S/c1-26(2,3)21-11-9-19(10-12-21)25(30)20-5-4-6-22(15-20)27-24(29)17-33-16-18-7-13-23(14-8-18)28(31)32/h4-15H,16-17H2,1-3H3,(H,27,29). The Kier molecular flexibility index (Phi) is 7.66. The number of nitro benzene ring substituents is 1. The predicted molar refractivity (Wildman–Crippen MR) is 133 cm³/mol. The Morgan fingerprint density at radius 3 is 2.21 bits per heavy atom. The van der Waals surface area contributed by atoms with Crippen molar-refractivity contribution in [1.82, 2.24) is 0 Å². The van der Waals surface area contributed by atoms with Crippen molar-refractivity contribution < 1.29 is 14.5 Å². The van der Waals surface area contributed by atoms with E-state index >= 15 is 0 Å². The summed E-state index contributed by atoms with van der Waals surface area (Å²) >= 11 is 1.41. The van der Waals surface area contributed by atoms with Crippen LogP contribution in [0, 0.1) is 10.1 Å². The number of benzene rings is 3. The summed E-state index contributed by atoms with van der Waals surface area (Å²) in [6.45, 7) is 6.38. The van der Waals surface area contributed by atoms with Crippen LogP contribution in [0.4, 0.5) is 11.4 Å². The molecule has 6 nitrogen and oxygen atoms in total. The normalized spacial score (nSPS) is 11.1. The van der Waals surface area contributed by atoms with Crippen molar-refractivity contribution >= 4 is 34.8 Å². The number of hydrogen-bond donors (Lipinski definition) is 1. The number of anilines is 1. The van der Waals surface area contributed by atoms with Crippen LogP contribution < -0.4 is 5.32 Å². The molecular formula is C26H26N2O4S. The quantitative estimate of drug-likeness (QED) is 0.252. The van der Waals surface area contributed by atoms with Crippen LogP contribution in [0.5, 0.6) is 0 Å². The smallest absolute Gasteiger partial charge is 0.269 e. The summed E-state index contributed by atoms with van der Waals surface area (Å²) in [5.41, 5.74) is 3.80. The number of carbonyl (C=O) groups excluding carboxylic acids is 2. The number of ketones is 1. The molecule has 33 heavy (non-hydrogen) atoms. The monoisotopic (exact) mass is 462 g/mol. The molecule has 7 heteroatoms. The van der Waals surface area contributed by atoms with Crippen molar-refractivity contribution in [3.63, 3.8) is 0 Å². The Morgan fingerprint density at radius 2 is 1.61 bits per heavy atom. The van der Waals surface area contributed by atoms with E-state index in [0.29, 0.717) is 22.6 Å². The predicted octanol–water partition coefficient (Wildman–Crippen LogP) is 6.00. The second-order valence-electron chi connectivity index (χ2n) is 8.70. The van der Waals surface area contributed by atoms with Gasteiger partial charge in [-0.05, 0) is 28.7 Å². The van der Waals surface area contributed by atoms with E-state index < -0.39 is 4.92 Å². The maximum absolute atomic E-state index is 12.9. The van der Waals surface area contributed by atoms with Gasteiger partial charge >= 0.3 is 0 Å². The zero-order chi connectivity index (χ0) is 24.0. The molecule has 1 amide bonds. The number of amides is 1. The van der Waals surface area contributed by atoms with Gasteiger partial charge in [-0.25, -0.2) is 0 Å². The minimum absolute atomic E-state index is 0.0161. The molecule has 170 valence electrons. The molecule has 0 aliphatic rings. The zero-order valence-electron chi connectivity index (χ0n) is 18.8. The maximum atomic E-state index is 12.9. The lowest BCUT2D eigenvalue weighted by Gasteiger charge is -2.19. The van der Waals surface area contributed by atoms with E-state index in [2.05, 4.69) is 26.1 Å². The first-order valence-corrected chi connectivity index (χ1v) is 11.7. The number of rotatable bonds is 8. The van der Waals surface area contributed by atoms with Gasteiger partial charge in [0.2, 0.25) is 5.91 Å². The number of thioether (sulfide) groups is 1. The molecule has 0 aliphatic heterocycles. The van der Waals surface area contributed by atoms with Gasteiger partial charge in [0.25, 0.3) is 5.69 Å². The van der Waals surface area contributed by atoms with Gasteiger partial charge in [-0.1, -0.05) is 69.3 Å². The minimum Gasteiger partial charge on any atom is -0.325 e. The fourth-order valence-electron chi connectivity index (χ4n) is 3.20. The fourth-order valence-corrected chi connectivity index (χ4v) is 3.99. The highest BCUT2D eigenvalue weighted by molar-refractivity contribution is 7.99. The lowest BCUT2D eigenvalue weighted by Crippen LogP contribution is -2.14. The molecule has 0 spiro atoms. The summed E-state index contributed by atoms with van der Waals surface area (Å²) in [4.78, 5) is 35.5. The zero-order valence-corrected chi connectivity index (χ0v) is 19.6. The van der Waals surface area contributed by atoms with E-state index in [-0.39, 0.29) is 28.5 Å². The maximum Gasteiger partial charge on any atom is 0.269 e. The molecule has 3 aromatic carbocycles. The molecule has 0 aromatic heterocycles. The minimum atomic E-state index is -0.440. The number of nitro groups is 1. The molecule has 0 saturated carbocycles. The lowest BCUT2D eigenvalue weighted by atomic mass is 9.86. The Morgan fingerprint density at radius 1 is 0.939 bits per heavy atom. The van der Waals surface area contributed by atoms with E-state index in [4.69, 9.17) is 0 Å². The largest absolute Gasteiger partial charge is 0.325 e. The number of non-ortho nitro benzene ring substituents is 1. The molecule has 0 saturated heterocycles. The Hall–Kier alpha value is -3.45. The summed E-state index contributed by atoms with van der Waals surface area (Å²) in [7, 11) is 0. The van der Waals surface area contributed by atoms with E-state index in [1.54, 1.807) is 36.4 Å². The van der Waals surface area contributed by atoms with Gasteiger partial charge in [0.15, 0.2) is 5.78 Å². The summed E-state index contributed by atoms with van der Waals surface area (Å²) in [5.74, 6) is 0.512. The van der Waals surface area contributed by atoms with Gasteiger partial charge in [0.1, 0.15) is 0 Å². The van der Waals surface area contributed by atoms with Crippen LogP contribution in [0.2, 0.25) is 0 Å². The second kappa shape index (κ2) is 10.4. The first kappa shape index (κ1) is 24.2. The summed E-state index contributed by atoms with van der Waals surface area (Å²) in [6.07, 6.45) is 0. The Bertz CT molecular complexity index is 1150. The fraction of sp³-hybridized carbons (Fsp3) is 0.231. The van der Waals surface area contributed by atoms with Crippen LogP contribution in [-0.4, -0.2) is 22.4 Å². The van der Waals surface area contributed by atoms with Gasteiger partial charge in [-0.3, -0.25) is 19.7 Å². The molecule has 0 atom stereocenters. The molecular weight excluding hydrogens is 436 g/mol. The van der Waals surface area contributed by atoms with Crippen molar-refractivity contribution in [3.05, 3.63) is 105 Å². The van der Waals surface area contributed by atoms with Gasteiger partial charge in [-0.2, -0.15) is 0 Å². The third kappa shape index (κ3) is 6.76. The summed E-state index contributed by atoms with van der Waals surface area (Å²) < 4.78 is 0. The summed E-state index contributed by atoms with van der Waals surface area (Å²) in [6, 6.07) is 20.8. The van der Waals surface area contributed by atoms with E-state index in [1.807, 2.05) is 24.3 Å². The first-order chi connectivity index (χ1) is 15.6. The molecule has 0 fully saturated rings. The molecule has 0 heterocycles. The highest BCUT2D eigenvalue weighted by atomic mass is 32.2. The van der Waals surface area contributed by atoms with Crippen molar-refractivity contribution in [1.29, 1.82) is 0 Å². The topological polar surface area (TPSA) is 89.3 Å². The number of nitrogens with zero attached hydrogens (tertiary/aromatic N) is 1. The van der Waals surface area contributed by atoms with Gasteiger partial charge in [0.05, 0.1) is 10.7 Å². The highest BCUT2D eigenvalue weighted by Gasteiger charge is 2.15. The van der Waals surface area contributed by atoms with Crippen LogP contribution in [0.3, 0.4) is 0 Å². The molecule has 3 aromatic rings. The van der Waals surface area contributed by atoms with Crippen molar-refractivity contribution in [3.8, 4) is 0 Å². The van der Waals surface area contributed by atoms with Gasteiger partial charge in [0, 0.05) is 34.7 Å². The number of hydrogen-bond acceptors (Lipinski definition) is 5. The first-order valence-electron chi connectivity index (χ1n) is 10.5. The molecule has 3 rings (SSSR count). The van der Waals surface area contributed by atoms with Crippen LogP contribution in [0.25, 0.3) is 0 Å². The Balaban J connectivity index is 1.56. The third-order valence-corrected chi connectivity index (χ3v) is 6.07. The SMILES string of the molecule is CC(C)(C)c1ccc(C(=O)c2cccc(NC(=O)CSCc3ccc([N+](=O)[O-])cc3)c2)cc1. The van der Waals surface area contributed by atoms with Crippen LogP contribution in [0.1, 0.15) is 47.8 Å². The number of nitrogens with one attached hydrogen (secondary N) is 1. The molecule has 0 unspecified atom stereocenters. The highest BCUT2D eigenvalue weighted by Crippen LogP contribution is 2.23. The van der Waals surface area contributed by atoms with Crippen LogP contribution >= 0.6 is 11.8 Å². The Labute approximate surface area is 197 Å². The van der Waals surface area contributed by atoms with Crippen LogP contribution in [0.15, 0.2) is 72.8 Å². The molecule has 0 aliphatic carbocycles. The molecule has 0 bridgehead atoms. The van der Waals surface area contributed by atoms with Crippen molar-refractivity contribution in [2.75, 3.05) is 11.1 Å². The average molecular weight is 463 g/mol. The number of carbonyl (C=O) groups is 2. The average Bonchev–Trinajstić information content (AvgIpc) is 2.78. The third-order valence-electron chi connectivity index (χ3n) is 5.07. The second-order valence-corrected chi connectivity index (χ2v) is 9.69. The van der Waals surface area contributed by atoms with Crippen molar-refractivity contribution in [2.24, 2.45) is 0 Å². The van der Waals surface area contributed by atoms with Crippen molar-refractivity contribution in [2.45, 2.75) is 31.9 Å².